The van der Waals surface area contributed by atoms with E-state index in [1.807, 2.05) is 19.1 Å². The van der Waals surface area contributed by atoms with Crippen molar-refractivity contribution in [1.82, 2.24) is 4.90 Å². The minimum atomic E-state index is 0.0308. The van der Waals surface area contributed by atoms with E-state index in [4.69, 9.17) is 10.5 Å². The Bertz CT molecular complexity index is 490. The molecular weight excluding hydrogens is 266 g/mol. The van der Waals surface area contributed by atoms with Gasteiger partial charge in [0.1, 0.15) is 0 Å². The molecule has 5 nitrogen and oxygen atoms in total. The molecule has 5 heteroatoms. The number of carbonyl (C=O) groups is 1. The van der Waals surface area contributed by atoms with E-state index in [0.29, 0.717) is 18.2 Å². The second kappa shape index (κ2) is 7.43. The fourth-order valence-corrected chi connectivity index (χ4v) is 2.66. The molecule has 1 aliphatic heterocycles. The number of rotatable bonds is 5. The third-order valence-electron chi connectivity index (χ3n) is 3.99. The maximum absolute atomic E-state index is 12.1. The highest BCUT2D eigenvalue weighted by Gasteiger charge is 2.19. The van der Waals surface area contributed by atoms with E-state index in [9.17, 15) is 4.79 Å². The first-order valence-electron chi connectivity index (χ1n) is 7.49. The Morgan fingerprint density at radius 1 is 1.52 bits per heavy atom. The fraction of sp³-hybridized carbons (Fsp3) is 0.562. The summed E-state index contributed by atoms with van der Waals surface area (Å²) in [4.78, 5) is 14.4. The normalized spacial score (nSPS) is 19.4. The van der Waals surface area contributed by atoms with E-state index in [2.05, 4.69) is 10.2 Å². The van der Waals surface area contributed by atoms with Crippen molar-refractivity contribution >= 4 is 17.3 Å². The quantitative estimate of drug-likeness (QED) is 0.814. The van der Waals surface area contributed by atoms with Crippen LogP contribution in [0.15, 0.2) is 18.2 Å². The molecule has 21 heavy (non-hydrogen) atoms. The number of benzene rings is 1. The van der Waals surface area contributed by atoms with Crippen LogP contribution >= 0.6 is 0 Å². The average molecular weight is 291 g/mol. The number of aryl methyl sites for hydroxylation is 1. The molecule has 2 rings (SSSR count). The summed E-state index contributed by atoms with van der Waals surface area (Å²) in [6.45, 7) is 4.70. The number of anilines is 2. The summed E-state index contributed by atoms with van der Waals surface area (Å²) in [6, 6.07) is 5.55. The average Bonchev–Trinajstić information content (AvgIpc) is 2.49. The van der Waals surface area contributed by atoms with Gasteiger partial charge >= 0.3 is 0 Å². The van der Waals surface area contributed by atoms with E-state index >= 15 is 0 Å². The van der Waals surface area contributed by atoms with Crippen molar-refractivity contribution in [1.29, 1.82) is 0 Å². The molecule has 1 atom stereocenters. The Hall–Kier alpha value is -1.59. The topological polar surface area (TPSA) is 67.6 Å². The van der Waals surface area contributed by atoms with Crippen LogP contribution in [-0.2, 0) is 9.53 Å². The van der Waals surface area contributed by atoms with Crippen LogP contribution in [0, 0.1) is 6.92 Å². The smallest absolute Gasteiger partial charge is 0.225 e. The molecule has 0 bridgehead atoms. The molecule has 1 saturated heterocycles. The number of nitrogens with one attached hydrogen (secondary N) is 1. The van der Waals surface area contributed by atoms with Crippen molar-refractivity contribution in [2.45, 2.75) is 32.3 Å². The van der Waals surface area contributed by atoms with Gasteiger partial charge in [0.05, 0.1) is 6.10 Å². The van der Waals surface area contributed by atoms with Gasteiger partial charge in [-0.25, -0.2) is 0 Å². The second-order valence-corrected chi connectivity index (χ2v) is 5.67. The van der Waals surface area contributed by atoms with Crippen molar-refractivity contribution in [2.24, 2.45) is 0 Å². The van der Waals surface area contributed by atoms with Crippen LogP contribution in [0.5, 0.6) is 0 Å². The number of carbonyl (C=O) groups excluding carboxylic acids is 1. The van der Waals surface area contributed by atoms with E-state index in [1.165, 1.54) is 0 Å². The molecule has 0 aromatic heterocycles. The number of hydrogen-bond acceptors (Lipinski definition) is 4. The van der Waals surface area contributed by atoms with Crippen LogP contribution in [0.25, 0.3) is 0 Å². The van der Waals surface area contributed by atoms with Gasteiger partial charge in [-0.15, -0.1) is 0 Å². The van der Waals surface area contributed by atoms with Gasteiger partial charge in [0.2, 0.25) is 5.91 Å². The van der Waals surface area contributed by atoms with Crippen LogP contribution in [0.3, 0.4) is 0 Å². The van der Waals surface area contributed by atoms with E-state index in [1.54, 1.807) is 13.2 Å². The molecule has 1 heterocycles. The lowest BCUT2D eigenvalue weighted by Gasteiger charge is -2.31. The van der Waals surface area contributed by atoms with Crippen LogP contribution in [0.4, 0.5) is 11.4 Å². The van der Waals surface area contributed by atoms with Gasteiger partial charge in [-0.1, -0.05) is 6.07 Å². The van der Waals surface area contributed by atoms with Gasteiger partial charge < -0.3 is 20.7 Å². The molecular formula is C16H25N3O2. The Kier molecular flexibility index (Phi) is 5.59. The molecule has 1 amide bonds. The minimum Gasteiger partial charge on any atom is -0.399 e. The molecule has 1 unspecified atom stereocenters. The van der Waals surface area contributed by atoms with E-state index in [-0.39, 0.29) is 5.91 Å². The van der Waals surface area contributed by atoms with Crippen molar-refractivity contribution in [2.75, 3.05) is 37.8 Å². The summed E-state index contributed by atoms with van der Waals surface area (Å²) in [5.74, 6) is 0.0308. The van der Waals surface area contributed by atoms with Crippen molar-refractivity contribution in [3.63, 3.8) is 0 Å². The first-order chi connectivity index (χ1) is 10.1. The van der Waals surface area contributed by atoms with Crippen molar-refractivity contribution in [3.8, 4) is 0 Å². The molecule has 1 aliphatic rings. The van der Waals surface area contributed by atoms with Crippen LogP contribution in [-0.4, -0.2) is 43.7 Å². The highest BCUT2D eigenvalue weighted by atomic mass is 16.5. The van der Waals surface area contributed by atoms with E-state index < -0.39 is 0 Å². The Labute approximate surface area is 126 Å². The molecule has 0 radical (unpaired) electrons. The SMILES string of the molecule is COC1CCCN(CCC(=O)Nc2cc(N)ccc2C)C1. The summed E-state index contributed by atoms with van der Waals surface area (Å²) in [5.41, 5.74) is 8.24. The van der Waals surface area contributed by atoms with Gasteiger partial charge in [-0.05, 0) is 44.0 Å². The van der Waals surface area contributed by atoms with Crippen LogP contribution in [0.1, 0.15) is 24.8 Å². The molecule has 0 spiro atoms. The lowest BCUT2D eigenvalue weighted by molar-refractivity contribution is -0.116. The van der Waals surface area contributed by atoms with Crippen molar-refractivity contribution < 1.29 is 9.53 Å². The van der Waals surface area contributed by atoms with Gasteiger partial charge in [0, 0.05) is 38.0 Å². The lowest BCUT2D eigenvalue weighted by Crippen LogP contribution is -2.40. The molecule has 0 saturated carbocycles. The summed E-state index contributed by atoms with van der Waals surface area (Å²) in [6.07, 6.45) is 3.04. The summed E-state index contributed by atoms with van der Waals surface area (Å²) >= 11 is 0. The Balaban J connectivity index is 1.80. The molecule has 1 aromatic carbocycles. The van der Waals surface area contributed by atoms with Crippen molar-refractivity contribution in [3.05, 3.63) is 23.8 Å². The zero-order valence-electron chi connectivity index (χ0n) is 12.9. The number of piperidine rings is 1. The summed E-state index contributed by atoms with van der Waals surface area (Å²) in [5, 5.41) is 2.94. The number of hydrogen-bond donors (Lipinski definition) is 2. The van der Waals surface area contributed by atoms with E-state index in [0.717, 1.165) is 43.7 Å². The predicted octanol–water partition coefficient (Wildman–Crippen LogP) is 2.02. The number of nitrogens with zero attached hydrogens (tertiary/aromatic N) is 1. The number of nitrogen functional groups attached to an aromatic ring is 1. The molecule has 1 aromatic rings. The molecule has 3 N–H and O–H groups in total. The van der Waals surface area contributed by atoms with Crippen LogP contribution < -0.4 is 11.1 Å². The third kappa shape index (κ3) is 4.72. The number of likely N-dealkylation sites (tertiary alicyclic amines) is 1. The fourth-order valence-electron chi connectivity index (χ4n) is 2.66. The maximum atomic E-state index is 12.1. The highest BCUT2D eigenvalue weighted by Crippen LogP contribution is 2.18. The zero-order valence-corrected chi connectivity index (χ0v) is 12.9. The standard InChI is InChI=1S/C16H25N3O2/c1-12-5-6-13(17)10-15(12)18-16(20)7-9-19-8-3-4-14(11-19)21-2/h5-6,10,14H,3-4,7-9,11,17H2,1-2H3,(H,18,20). The molecule has 0 aliphatic carbocycles. The molecule has 116 valence electrons. The van der Waals surface area contributed by atoms with Gasteiger partial charge in [0.15, 0.2) is 0 Å². The van der Waals surface area contributed by atoms with Gasteiger partial charge in [0.25, 0.3) is 0 Å². The Morgan fingerprint density at radius 2 is 2.33 bits per heavy atom. The zero-order chi connectivity index (χ0) is 15.2. The minimum absolute atomic E-state index is 0.0308. The number of ether oxygens (including phenoxy) is 1. The number of methoxy groups -OCH3 is 1. The van der Waals surface area contributed by atoms with Gasteiger partial charge in [-0.2, -0.15) is 0 Å². The second-order valence-electron chi connectivity index (χ2n) is 5.67. The summed E-state index contributed by atoms with van der Waals surface area (Å²) < 4.78 is 5.40. The lowest BCUT2D eigenvalue weighted by atomic mass is 10.1. The van der Waals surface area contributed by atoms with Gasteiger partial charge in [-0.3, -0.25) is 4.79 Å². The highest BCUT2D eigenvalue weighted by molar-refractivity contribution is 5.92. The third-order valence-corrected chi connectivity index (χ3v) is 3.99. The molecule has 1 fully saturated rings. The van der Waals surface area contributed by atoms with Crippen LogP contribution in [0.2, 0.25) is 0 Å². The first-order valence-corrected chi connectivity index (χ1v) is 7.49. The monoisotopic (exact) mass is 291 g/mol. The largest absolute Gasteiger partial charge is 0.399 e. The first kappa shape index (κ1) is 15.8. The number of nitrogens with two attached hydrogens (primary N) is 1. The Morgan fingerprint density at radius 3 is 3.10 bits per heavy atom. The summed E-state index contributed by atoms with van der Waals surface area (Å²) in [7, 11) is 1.75. The predicted molar refractivity (Wildman–Crippen MR) is 85.3 cm³/mol. The maximum Gasteiger partial charge on any atom is 0.225 e. The number of amides is 1.